The summed E-state index contributed by atoms with van der Waals surface area (Å²) in [7, 11) is 0. The van der Waals surface area contributed by atoms with Crippen LogP contribution in [0.3, 0.4) is 0 Å². The van der Waals surface area contributed by atoms with E-state index in [-0.39, 0.29) is 11.3 Å². The van der Waals surface area contributed by atoms with Crippen LogP contribution in [0.15, 0.2) is 48.2 Å². The molecule has 0 bridgehead atoms. The average Bonchev–Trinajstić information content (AvgIpc) is 2.54. The standard InChI is InChI=1S/C19H19N3O2/c1-12-4-6-16(14(3)8-12)22-19(24)15(10-20)11-21-17-9-13(2)5-7-18(17)23/h4-9,11,21,23H,1-3H3,(H,22,24)/b15-11-. The zero-order valence-electron chi connectivity index (χ0n) is 13.8. The number of hydrogen-bond acceptors (Lipinski definition) is 4. The van der Waals surface area contributed by atoms with Gasteiger partial charge in [-0.2, -0.15) is 5.26 Å². The predicted molar refractivity (Wildman–Crippen MR) is 94.7 cm³/mol. The molecule has 122 valence electrons. The maximum Gasteiger partial charge on any atom is 0.267 e. The largest absolute Gasteiger partial charge is 0.506 e. The van der Waals surface area contributed by atoms with Crippen molar-refractivity contribution in [3.05, 3.63) is 64.9 Å². The molecular weight excluding hydrogens is 302 g/mol. The lowest BCUT2D eigenvalue weighted by Crippen LogP contribution is -2.15. The highest BCUT2D eigenvalue weighted by atomic mass is 16.3. The number of aryl methyl sites for hydroxylation is 3. The van der Waals surface area contributed by atoms with Crippen LogP contribution in [-0.4, -0.2) is 11.0 Å². The molecule has 0 fully saturated rings. The predicted octanol–water partition coefficient (Wildman–Crippen LogP) is 3.78. The second-order valence-corrected chi connectivity index (χ2v) is 5.61. The molecule has 1 amide bonds. The molecule has 0 unspecified atom stereocenters. The van der Waals surface area contributed by atoms with Crippen molar-refractivity contribution in [2.24, 2.45) is 0 Å². The third-order valence-electron chi connectivity index (χ3n) is 3.52. The molecule has 0 aliphatic carbocycles. The first-order valence-electron chi connectivity index (χ1n) is 7.45. The summed E-state index contributed by atoms with van der Waals surface area (Å²) in [5.41, 5.74) is 3.97. The molecule has 2 aromatic carbocycles. The fraction of sp³-hybridized carbons (Fsp3) is 0.158. The first kappa shape index (κ1) is 17.1. The van der Waals surface area contributed by atoms with Crippen molar-refractivity contribution in [2.45, 2.75) is 20.8 Å². The normalized spacial score (nSPS) is 10.8. The Morgan fingerprint density at radius 3 is 2.42 bits per heavy atom. The summed E-state index contributed by atoms with van der Waals surface area (Å²) in [6.07, 6.45) is 1.29. The van der Waals surface area contributed by atoms with Gasteiger partial charge in [0.15, 0.2) is 0 Å². The van der Waals surface area contributed by atoms with Crippen LogP contribution < -0.4 is 10.6 Å². The number of anilines is 2. The topological polar surface area (TPSA) is 85.2 Å². The number of aromatic hydroxyl groups is 1. The van der Waals surface area contributed by atoms with Gasteiger partial charge in [-0.3, -0.25) is 4.79 Å². The first-order valence-corrected chi connectivity index (χ1v) is 7.45. The molecule has 2 rings (SSSR count). The fourth-order valence-electron chi connectivity index (χ4n) is 2.21. The minimum atomic E-state index is -0.510. The van der Waals surface area contributed by atoms with Gasteiger partial charge in [0.05, 0.1) is 5.69 Å². The van der Waals surface area contributed by atoms with Gasteiger partial charge in [0.1, 0.15) is 17.4 Å². The number of hydrogen-bond donors (Lipinski definition) is 3. The Kier molecular flexibility index (Phi) is 5.23. The van der Waals surface area contributed by atoms with Crippen LogP contribution in [0, 0.1) is 32.1 Å². The van der Waals surface area contributed by atoms with Crippen molar-refractivity contribution in [3.63, 3.8) is 0 Å². The number of rotatable bonds is 4. The van der Waals surface area contributed by atoms with Crippen molar-refractivity contribution >= 4 is 17.3 Å². The number of amides is 1. The van der Waals surface area contributed by atoms with Gasteiger partial charge >= 0.3 is 0 Å². The molecule has 0 aromatic heterocycles. The molecule has 0 heterocycles. The summed E-state index contributed by atoms with van der Waals surface area (Å²) in [5, 5.41) is 24.5. The lowest BCUT2D eigenvalue weighted by Gasteiger charge is -2.09. The molecule has 0 spiro atoms. The van der Waals surface area contributed by atoms with Gasteiger partial charge in [-0.05, 0) is 50.1 Å². The number of carbonyl (C=O) groups is 1. The molecule has 5 nitrogen and oxygen atoms in total. The van der Waals surface area contributed by atoms with Crippen LogP contribution in [-0.2, 0) is 4.79 Å². The lowest BCUT2D eigenvalue weighted by atomic mass is 10.1. The van der Waals surface area contributed by atoms with Crippen molar-refractivity contribution in [3.8, 4) is 11.8 Å². The lowest BCUT2D eigenvalue weighted by molar-refractivity contribution is -0.112. The number of phenols is 1. The molecular formula is C19H19N3O2. The Morgan fingerprint density at radius 2 is 1.75 bits per heavy atom. The Bertz CT molecular complexity index is 848. The third-order valence-corrected chi connectivity index (χ3v) is 3.52. The Hall–Kier alpha value is -3.26. The average molecular weight is 321 g/mol. The molecule has 0 aliphatic rings. The fourth-order valence-corrected chi connectivity index (χ4v) is 2.21. The molecule has 0 saturated carbocycles. The van der Waals surface area contributed by atoms with E-state index in [0.29, 0.717) is 11.4 Å². The molecule has 0 saturated heterocycles. The van der Waals surface area contributed by atoms with Gasteiger partial charge < -0.3 is 15.7 Å². The van der Waals surface area contributed by atoms with Gasteiger partial charge in [-0.1, -0.05) is 23.8 Å². The van der Waals surface area contributed by atoms with Gasteiger partial charge in [0.25, 0.3) is 5.91 Å². The molecule has 2 aromatic rings. The van der Waals surface area contributed by atoms with E-state index in [1.54, 1.807) is 24.3 Å². The van der Waals surface area contributed by atoms with Gasteiger partial charge in [-0.15, -0.1) is 0 Å². The van der Waals surface area contributed by atoms with Gasteiger partial charge in [0, 0.05) is 11.9 Å². The summed E-state index contributed by atoms with van der Waals surface area (Å²) in [4.78, 5) is 12.2. The molecule has 0 radical (unpaired) electrons. The number of nitrogens with zero attached hydrogens (tertiary/aromatic N) is 1. The number of phenolic OH excluding ortho intramolecular Hbond substituents is 1. The summed E-state index contributed by atoms with van der Waals surface area (Å²) < 4.78 is 0. The number of carbonyl (C=O) groups excluding carboxylic acids is 1. The van der Waals surface area contributed by atoms with E-state index in [2.05, 4.69) is 10.6 Å². The van der Waals surface area contributed by atoms with E-state index in [0.717, 1.165) is 16.7 Å². The quantitative estimate of drug-likeness (QED) is 0.454. The minimum Gasteiger partial charge on any atom is -0.506 e. The summed E-state index contributed by atoms with van der Waals surface area (Å²) in [6.45, 7) is 5.74. The molecule has 24 heavy (non-hydrogen) atoms. The van der Waals surface area contributed by atoms with Crippen LogP contribution in [0.25, 0.3) is 0 Å². The van der Waals surface area contributed by atoms with E-state index in [9.17, 15) is 15.2 Å². The van der Waals surface area contributed by atoms with Crippen LogP contribution in [0.5, 0.6) is 5.75 Å². The zero-order valence-corrected chi connectivity index (χ0v) is 13.8. The number of nitrogens with one attached hydrogen (secondary N) is 2. The molecule has 0 atom stereocenters. The first-order chi connectivity index (χ1) is 11.4. The van der Waals surface area contributed by atoms with E-state index < -0.39 is 5.91 Å². The Labute approximate surface area is 141 Å². The van der Waals surface area contributed by atoms with E-state index in [4.69, 9.17) is 0 Å². The highest BCUT2D eigenvalue weighted by molar-refractivity contribution is 6.07. The monoisotopic (exact) mass is 321 g/mol. The molecule has 0 aliphatic heterocycles. The van der Waals surface area contributed by atoms with E-state index >= 15 is 0 Å². The van der Waals surface area contributed by atoms with Crippen molar-refractivity contribution in [2.75, 3.05) is 10.6 Å². The van der Waals surface area contributed by atoms with Crippen LogP contribution in [0.2, 0.25) is 0 Å². The van der Waals surface area contributed by atoms with Crippen LogP contribution >= 0.6 is 0 Å². The van der Waals surface area contributed by atoms with Crippen molar-refractivity contribution in [1.82, 2.24) is 0 Å². The smallest absolute Gasteiger partial charge is 0.267 e. The molecule has 3 N–H and O–H groups in total. The highest BCUT2D eigenvalue weighted by Gasteiger charge is 2.11. The number of benzene rings is 2. The Morgan fingerprint density at radius 1 is 1.08 bits per heavy atom. The maximum atomic E-state index is 12.2. The zero-order chi connectivity index (χ0) is 17.7. The van der Waals surface area contributed by atoms with Gasteiger partial charge in [-0.25, -0.2) is 0 Å². The van der Waals surface area contributed by atoms with Gasteiger partial charge in [0.2, 0.25) is 0 Å². The second kappa shape index (κ2) is 7.34. The highest BCUT2D eigenvalue weighted by Crippen LogP contribution is 2.24. The van der Waals surface area contributed by atoms with E-state index in [1.165, 1.54) is 6.20 Å². The minimum absolute atomic E-state index is 0.0453. The van der Waals surface area contributed by atoms with Crippen molar-refractivity contribution < 1.29 is 9.90 Å². The number of nitriles is 1. The SMILES string of the molecule is Cc1ccc(NC(=O)/C(C#N)=C\Nc2cc(C)ccc2O)c(C)c1. The van der Waals surface area contributed by atoms with Crippen LogP contribution in [0.4, 0.5) is 11.4 Å². The second-order valence-electron chi connectivity index (χ2n) is 5.61. The Balaban J connectivity index is 2.16. The van der Waals surface area contributed by atoms with E-state index in [1.807, 2.05) is 39.0 Å². The summed E-state index contributed by atoms with van der Waals surface area (Å²) in [5.74, 6) is -0.465. The molecule has 5 heteroatoms. The van der Waals surface area contributed by atoms with Crippen LogP contribution in [0.1, 0.15) is 16.7 Å². The summed E-state index contributed by atoms with van der Waals surface area (Å²) in [6, 6.07) is 12.5. The van der Waals surface area contributed by atoms with Crippen molar-refractivity contribution in [1.29, 1.82) is 5.26 Å². The summed E-state index contributed by atoms with van der Waals surface area (Å²) >= 11 is 0. The third kappa shape index (κ3) is 4.14. The maximum absolute atomic E-state index is 12.2.